The van der Waals surface area contributed by atoms with Crippen molar-refractivity contribution in [1.29, 1.82) is 5.41 Å². The van der Waals surface area contributed by atoms with Crippen LogP contribution in [0, 0.1) is 11.3 Å². The minimum atomic E-state index is -0.247. The smallest absolute Gasteiger partial charge is 0.253 e. The number of carbonyl (C=O) groups is 2. The fourth-order valence-corrected chi connectivity index (χ4v) is 4.27. The first-order chi connectivity index (χ1) is 16.1. The summed E-state index contributed by atoms with van der Waals surface area (Å²) in [5, 5.41) is 10.9. The Morgan fingerprint density at radius 2 is 1.42 bits per heavy atom. The van der Waals surface area contributed by atoms with Crippen LogP contribution in [0.15, 0.2) is 84.9 Å². The molecule has 0 aromatic heterocycles. The second-order valence-corrected chi connectivity index (χ2v) is 8.57. The maximum atomic E-state index is 12.9. The zero-order valence-corrected chi connectivity index (χ0v) is 18.7. The Morgan fingerprint density at radius 1 is 0.818 bits per heavy atom. The molecule has 0 atom stereocenters. The van der Waals surface area contributed by atoms with Gasteiger partial charge in [0, 0.05) is 30.1 Å². The summed E-state index contributed by atoms with van der Waals surface area (Å²) in [4.78, 5) is 27.1. The van der Waals surface area contributed by atoms with E-state index in [1.54, 1.807) is 24.3 Å². The lowest BCUT2D eigenvalue weighted by molar-refractivity contribution is -0.115. The molecule has 1 heterocycles. The average Bonchev–Trinajstić information content (AvgIpc) is 2.86. The number of carbonyl (C=O) groups excluding carboxylic acids is 2. The summed E-state index contributed by atoms with van der Waals surface area (Å²) in [6.07, 6.45) is 3.10. The fraction of sp³-hybridized carbons (Fsp3) is 0.250. The summed E-state index contributed by atoms with van der Waals surface area (Å²) in [6, 6.07) is 26.8. The van der Waals surface area contributed by atoms with Crippen molar-refractivity contribution in [3.63, 3.8) is 0 Å². The van der Waals surface area contributed by atoms with Crippen LogP contribution in [0.3, 0.4) is 0 Å². The number of likely N-dealkylation sites (tertiary alicyclic amines) is 1. The van der Waals surface area contributed by atoms with E-state index in [-0.39, 0.29) is 23.9 Å². The van der Waals surface area contributed by atoms with Crippen LogP contribution >= 0.6 is 0 Å². The van der Waals surface area contributed by atoms with Gasteiger partial charge in [-0.25, -0.2) is 0 Å². The highest BCUT2D eigenvalue weighted by molar-refractivity contribution is 6.12. The lowest BCUT2D eigenvalue weighted by Gasteiger charge is -2.32. The molecule has 1 aliphatic heterocycles. The summed E-state index contributed by atoms with van der Waals surface area (Å²) >= 11 is 0. The van der Waals surface area contributed by atoms with E-state index < -0.39 is 0 Å². The van der Waals surface area contributed by atoms with E-state index in [9.17, 15) is 9.59 Å². The maximum Gasteiger partial charge on any atom is 0.253 e. The third-order valence-corrected chi connectivity index (χ3v) is 6.14. The quantitative estimate of drug-likeness (QED) is 0.498. The molecule has 3 aromatic carbocycles. The second kappa shape index (κ2) is 10.7. The Kier molecular flexibility index (Phi) is 7.30. The van der Waals surface area contributed by atoms with Crippen molar-refractivity contribution in [3.8, 4) is 0 Å². The number of nitrogens with zero attached hydrogens (tertiary/aromatic N) is 1. The van der Waals surface area contributed by atoms with E-state index in [0.29, 0.717) is 17.2 Å². The zero-order valence-electron chi connectivity index (χ0n) is 18.7. The van der Waals surface area contributed by atoms with Gasteiger partial charge in [0.25, 0.3) is 5.91 Å². The lowest BCUT2D eigenvalue weighted by atomic mass is 9.90. The predicted octanol–water partition coefficient (Wildman–Crippen LogP) is 5.18. The first-order valence-electron chi connectivity index (χ1n) is 11.4. The Morgan fingerprint density at radius 3 is 2.06 bits per heavy atom. The number of piperidine rings is 1. The van der Waals surface area contributed by atoms with E-state index in [4.69, 9.17) is 5.41 Å². The number of nitrogens with one attached hydrogen (secondary N) is 2. The van der Waals surface area contributed by atoms with E-state index >= 15 is 0 Å². The summed E-state index contributed by atoms with van der Waals surface area (Å²) in [6.45, 7) is 1.55. The Hall–Kier alpha value is -3.73. The number of hydrogen-bond acceptors (Lipinski definition) is 3. The van der Waals surface area contributed by atoms with Crippen LogP contribution < -0.4 is 5.32 Å². The van der Waals surface area contributed by atoms with Crippen molar-refractivity contribution in [1.82, 2.24) is 4.90 Å². The van der Waals surface area contributed by atoms with E-state index in [0.717, 1.165) is 37.9 Å². The van der Waals surface area contributed by atoms with Crippen molar-refractivity contribution in [2.75, 3.05) is 18.4 Å². The second-order valence-electron chi connectivity index (χ2n) is 8.57. The van der Waals surface area contributed by atoms with Crippen molar-refractivity contribution in [2.24, 2.45) is 5.92 Å². The van der Waals surface area contributed by atoms with Crippen LogP contribution in [0.25, 0.3) is 0 Å². The monoisotopic (exact) mass is 439 g/mol. The molecule has 5 heteroatoms. The van der Waals surface area contributed by atoms with Gasteiger partial charge in [-0.05, 0) is 60.6 Å². The largest absolute Gasteiger partial charge is 0.339 e. The zero-order chi connectivity index (χ0) is 23.0. The molecular weight excluding hydrogens is 410 g/mol. The molecule has 0 saturated carbocycles. The standard InChI is InChI=1S/C28H29N3O2/c29-26(23-9-5-2-6-10-23)20-27(32)30-25-13-11-24(12-14-25)28(33)31-17-15-22(16-18-31)19-21-7-3-1-4-8-21/h1-14,22,29H,15-20H2,(H,30,32). The van der Waals surface area contributed by atoms with Crippen molar-refractivity contribution in [3.05, 3.63) is 102 Å². The lowest BCUT2D eigenvalue weighted by Crippen LogP contribution is -2.38. The van der Waals surface area contributed by atoms with Gasteiger partial charge in [0.15, 0.2) is 0 Å². The Balaban J connectivity index is 1.26. The molecule has 0 spiro atoms. The summed E-state index contributed by atoms with van der Waals surface area (Å²) in [7, 11) is 0. The molecular formula is C28H29N3O2. The number of hydrogen-bond donors (Lipinski definition) is 2. The van der Waals surface area contributed by atoms with E-state index in [1.807, 2.05) is 41.3 Å². The summed E-state index contributed by atoms with van der Waals surface area (Å²) < 4.78 is 0. The normalized spacial score (nSPS) is 14.0. The van der Waals surface area contributed by atoms with Crippen molar-refractivity contribution in [2.45, 2.75) is 25.7 Å². The molecule has 0 radical (unpaired) electrons. The minimum absolute atomic E-state index is 0.00260. The average molecular weight is 440 g/mol. The number of anilines is 1. The van der Waals surface area contributed by atoms with Crippen LogP contribution in [0.5, 0.6) is 0 Å². The molecule has 5 nitrogen and oxygen atoms in total. The van der Waals surface area contributed by atoms with Crippen LogP contribution in [0.4, 0.5) is 5.69 Å². The van der Waals surface area contributed by atoms with E-state index in [1.165, 1.54) is 5.56 Å². The Bertz CT molecular complexity index is 1090. The fourth-order valence-electron chi connectivity index (χ4n) is 4.27. The molecule has 33 heavy (non-hydrogen) atoms. The molecule has 1 aliphatic rings. The molecule has 2 N–H and O–H groups in total. The molecule has 3 aromatic rings. The van der Waals surface area contributed by atoms with Crippen molar-refractivity contribution < 1.29 is 9.59 Å². The molecule has 0 bridgehead atoms. The minimum Gasteiger partial charge on any atom is -0.339 e. The maximum absolute atomic E-state index is 12.9. The van der Waals surface area contributed by atoms with Crippen LogP contribution in [0.2, 0.25) is 0 Å². The third-order valence-electron chi connectivity index (χ3n) is 6.14. The van der Waals surface area contributed by atoms with Gasteiger partial charge in [0.05, 0.1) is 6.42 Å². The molecule has 4 rings (SSSR count). The topological polar surface area (TPSA) is 73.3 Å². The highest BCUT2D eigenvalue weighted by Crippen LogP contribution is 2.23. The first-order valence-corrected chi connectivity index (χ1v) is 11.4. The van der Waals surface area contributed by atoms with Crippen LogP contribution in [-0.2, 0) is 11.2 Å². The Labute approximate surface area is 195 Å². The molecule has 1 fully saturated rings. The van der Waals surface area contributed by atoms with Gasteiger partial charge >= 0.3 is 0 Å². The van der Waals surface area contributed by atoms with Crippen LogP contribution in [-0.4, -0.2) is 35.5 Å². The first kappa shape index (κ1) is 22.5. The SMILES string of the molecule is N=C(CC(=O)Nc1ccc(C(=O)N2CCC(Cc3ccccc3)CC2)cc1)c1ccccc1. The summed E-state index contributed by atoms with van der Waals surface area (Å²) in [5.74, 6) is 0.406. The van der Waals surface area contributed by atoms with Gasteiger partial charge in [-0.3, -0.25) is 9.59 Å². The molecule has 0 aliphatic carbocycles. The van der Waals surface area contributed by atoms with Crippen LogP contribution in [0.1, 0.15) is 40.7 Å². The van der Waals surface area contributed by atoms with Gasteiger partial charge in [0.1, 0.15) is 0 Å². The van der Waals surface area contributed by atoms with Gasteiger partial charge < -0.3 is 15.6 Å². The summed E-state index contributed by atoms with van der Waals surface area (Å²) in [5.41, 5.74) is 3.63. The number of benzene rings is 3. The highest BCUT2D eigenvalue weighted by atomic mass is 16.2. The molecule has 0 unspecified atom stereocenters. The van der Waals surface area contributed by atoms with Gasteiger partial charge in [-0.15, -0.1) is 0 Å². The molecule has 2 amide bonds. The highest BCUT2D eigenvalue weighted by Gasteiger charge is 2.23. The third kappa shape index (κ3) is 6.16. The van der Waals surface area contributed by atoms with E-state index in [2.05, 4.69) is 29.6 Å². The number of amides is 2. The van der Waals surface area contributed by atoms with Gasteiger partial charge in [-0.1, -0.05) is 60.7 Å². The predicted molar refractivity (Wildman–Crippen MR) is 132 cm³/mol. The molecule has 1 saturated heterocycles. The van der Waals surface area contributed by atoms with Gasteiger partial charge in [-0.2, -0.15) is 0 Å². The number of rotatable bonds is 7. The molecule has 168 valence electrons. The van der Waals surface area contributed by atoms with Crippen molar-refractivity contribution >= 4 is 23.2 Å². The van der Waals surface area contributed by atoms with Gasteiger partial charge in [0.2, 0.25) is 5.91 Å².